The van der Waals surface area contributed by atoms with Gasteiger partial charge in [0, 0.05) is 52.4 Å². The van der Waals surface area contributed by atoms with E-state index in [0.29, 0.717) is 62.9 Å². The van der Waals surface area contributed by atoms with Crippen molar-refractivity contribution in [2.45, 2.75) is 18.7 Å². The highest BCUT2D eigenvalue weighted by Crippen LogP contribution is 2.23. The van der Waals surface area contributed by atoms with Gasteiger partial charge >= 0.3 is 0 Å². The van der Waals surface area contributed by atoms with Crippen LogP contribution in [0.3, 0.4) is 0 Å². The number of rotatable bonds is 5. The lowest BCUT2D eigenvalue weighted by atomic mass is 10.2. The standard InChI is InChI=1S/C24H31FN4O3S/c1-19-7-8-23(20(2)17-19)33(31,32)29-15-9-26(10-16-29)18-24(30)28-13-11-27(12-14-28)22-6-4-3-5-21(22)25/h3-8,17H,9-16,18H2,1-2H3. The second-order valence-electron chi connectivity index (χ2n) is 8.77. The lowest BCUT2D eigenvalue weighted by molar-refractivity contribution is -0.133. The molecule has 2 heterocycles. The van der Waals surface area contributed by atoms with Crippen molar-refractivity contribution in [1.82, 2.24) is 14.1 Å². The molecule has 178 valence electrons. The predicted octanol–water partition coefficient (Wildman–Crippen LogP) is 2.10. The van der Waals surface area contributed by atoms with Gasteiger partial charge in [-0.25, -0.2) is 12.8 Å². The number of hydrogen-bond donors (Lipinski definition) is 0. The number of carbonyl (C=O) groups is 1. The summed E-state index contributed by atoms with van der Waals surface area (Å²) in [5.74, 6) is -0.209. The van der Waals surface area contributed by atoms with E-state index in [2.05, 4.69) is 0 Å². The van der Waals surface area contributed by atoms with Crippen LogP contribution >= 0.6 is 0 Å². The lowest BCUT2D eigenvalue weighted by Gasteiger charge is -2.38. The van der Waals surface area contributed by atoms with E-state index in [0.717, 1.165) is 11.1 Å². The molecule has 33 heavy (non-hydrogen) atoms. The molecule has 2 aromatic carbocycles. The summed E-state index contributed by atoms with van der Waals surface area (Å²) < 4.78 is 41.7. The fourth-order valence-corrected chi connectivity index (χ4v) is 6.18. The summed E-state index contributed by atoms with van der Waals surface area (Å²) in [6.07, 6.45) is 0. The maximum Gasteiger partial charge on any atom is 0.243 e. The minimum atomic E-state index is -3.54. The van der Waals surface area contributed by atoms with Crippen molar-refractivity contribution in [3.63, 3.8) is 0 Å². The molecule has 2 saturated heterocycles. The van der Waals surface area contributed by atoms with Gasteiger partial charge in [0.1, 0.15) is 5.82 Å². The summed E-state index contributed by atoms with van der Waals surface area (Å²) in [5, 5.41) is 0. The minimum absolute atomic E-state index is 0.0360. The van der Waals surface area contributed by atoms with Crippen molar-refractivity contribution in [1.29, 1.82) is 0 Å². The fourth-order valence-electron chi connectivity index (χ4n) is 4.55. The van der Waals surface area contributed by atoms with Crippen LogP contribution in [0.15, 0.2) is 47.4 Å². The zero-order valence-corrected chi connectivity index (χ0v) is 20.0. The smallest absolute Gasteiger partial charge is 0.243 e. The Balaban J connectivity index is 1.28. The van der Waals surface area contributed by atoms with Crippen LogP contribution in [-0.2, 0) is 14.8 Å². The summed E-state index contributed by atoms with van der Waals surface area (Å²) in [5.41, 5.74) is 2.36. The molecule has 9 heteroatoms. The topological polar surface area (TPSA) is 64.2 Å². The molecule has 1 amide bonds. The van der Waals surface area contributed by atoms with Crippen LogP contribution in [0, 0.1) is 19.7 Å². The van der Waals surface area contributed by atoms with Crippen molar-refractivity contribution in [2.24, 2.45) is 0 Å². The van der Waals surface area contributed by atoms with Crippen LogP contribution in [0.1, 0.15) is 11.1 Å². The third-order valence-corrected chi connectivity index (χ3v) is 8.52. The van der Waals surface area contributed by atoms with Gasteiger partial charge in [-0.05, 0) is 37.6 Å². The Labute approximate surface area is 195 Å². The van der Waals surface area contributed by atoms with Crippen LogP contribution in [0.2, 0.25) is 0 Å². The maximum atomic E-state index is 14.0. The van der Waals surface area contributed by atoms with Gasteiger partial charge in [-0.2, -0.15) is 4.31 Å². The number of piperazine rings is 2. The first-order chi connectivity index (χ1) is 15.8. The Kier molecular flexibility index (Phi) is 7.02. The molecule has 0 spiro atoms. The van der Waals surface area contributed by atoms with Gasteiger partial charge in [0.05, 0.1) is 17.1 Å². The first kappa shape index (κ1) is 23.7. The van der Waals surface area contributed by atoms with Gasteiger partial charge in [0.25, 0.3) is 0 Å². The average Bonchev–Trinajstić information content (AvgIpc) is 2.79. The number of aryl methyl sites for hydroxylation is 2. The molecule has 2 fully saturated rings. The van der Waals surface area contributed by atoms with Gasteiger partial charge in [0.15, 0.2) is 0 Å². The molecule has 4 rings (SSSR count). The predicted molar refractivity (Wildman–Crippen MR) is 126 cm³/mol. The third-order valence-electron chi connectivity index (χ3n) is 6.46. The van der Waals surface area contributed by atoms with Gasteiger partial charge in [-0.3, -0.25) is 9.69 Å². The lowest BCUT2D eigenvalue weighted by Crippen LogP contribution is -2.54. The average molecular weight is 475 g/mol. The number of para-hydroxylation sites is 1. The highest BCUT2D eigenvalue weighted by atomic mass is 32.2. The molecule has 0 unspecified atom stereocenters. The van der Waals surface area contributed by atoms with Crippen molar-refractivity contribution >= 4 is 21.6 Å². The molecular weight excluding hydrogens is 443 g/mol. The summed E-state index contributed by atoms with van der Waals surface area (Å²) in [6, 6.07) is 12.1. The molecule has 0 radical (unpaired) electrons. The van der Waals surface area contributed by atoms with Crippen molar-refractivity contribution < 1.29 is 17.6 Å². The normalized spacial score (nSPS) is 18.5. The van der Waals surface area contributed by atoms with Crippen LogP contribution in [-0.4, -0.2) is 87.3 Å². The number of hydrogen-bond acceptors (Lipinski definition) is 5. The molecule has 0 saturated carbocycles. The van der Waals surface area contributed by atoms with Crippen LogP contribution in [0.5, 0.6) is 0 Å². The van der Waals surface area contributed by atoms with Crippen molar-refractivity contribution in [3.05, 3.63) is 59.4 Å². The molecule has 0 aromatic heterocycles. The molecule has 0 N–H and O–H groups in total. The van der Waals surface area contributed by atoms with Gasteiger partial charge < -0.3 is 9.80 Å². The zero-order valence-electron chi connectivity index (χ0n) is 19.2. The van der Waals surface area contributed by atoms with E-state index < -0.39 is 10.0 Å². The van der Waals surface area contributed by atoms with Crippen LogP contribution in [0.4, 0.5) is 10.1 Å². The number of amides is 1. The molecule has 2 aromatic rings. The zero-order chi connectivity index (χ0) is 23.6. The first-order valence-corrected chi connectivity index (χ1v) is 12.8. The van der Waals surface area contributed by atoms with E-state index in [9.17, 15) is 17.6 Å². The fraction of sp³-hybridized carbons (Fsp3) is 0.458. The highest BCUT2D eigenvalue weighted by Gasteiger charge is 2.31. The molecule has 0 bridgehead atoms. The van der Waals surface area contributed by atoms with Gasteiger partial charge in [0.2, 0.25) is 15.9 Å². The second kappa shape index (κ2) is 9.79. The third kappa shape index (κ3) is 5.20. The van der Waals surface area contributed by atoms with E-state index >= 15 is 0 Å². The van der Waals surface area contributed by atoms with Crippen molar-refractivity contribution in [3.8, 4) is 0 Å². The number of sulfonamides is 1. The molecule has 2 aliphatic rings. The van der Waals surface area contributed by atoms with E-state index in [4.69, 9.17) is 0 Å². The summed E-state index contributed by atoms with van der Waals surface area (Å²) in [4.78, 5) is 19.0. The monoisotopic (exact) mass is 474 g/mol. The summed E-state index contributed by atoms with van der Waals surface area (Å²) in [7, 11) is -3.54. The molecule has 0 atom stereocenters. The molecular formula is C24H31FN4O3S. The summed E-state index contributed by atoms with van der Waals surface area (Å²) >= 11 is 0. The van der Waals surface area contributed by atoms with E-state index in [1.54, 1.807) is 18.2 Å². The quantitative estimate of drug-likeness (QED) is 0.664. The number of benzene rings is 2. The van der Waals surface area contributed by atoms with Gasteiger partial charge in [-0.1, -0.05) is 29.8 Å². The Bertz CT molecular complexity index is 1110. The molecule has 0 aliphatic carbocycles. The molecule has 2 aliphatic heterocycles. The number of halogens is 1. The van der Waals surface area contributed by atoms with Crippen LogP contribution in [0.25, 0.3) is 0 Å². The Morgan fingerprint density at radius 1 is 0.909 bits per heavy atom. The first-order valence-electron chi connectivity index (χ1n) is 11.3. The molecule has 7 nitrogen and oxygen atoms in total. The maximum absolute atomic E-state index is 14.0. The Hall–Kier alpha value is -2.49. The van der Waals surface area contributed by atoms with E-state index in [-0.39, 0.29) is 18.3 Å². The number of carbonyl (C=O) groups excluding carboxylic acids is 1. The largest absolute Gasteiger partial charge is 0.366 e. The van der Waals surface area contributed by atoms with Gasteiger partial charge in [-0.15, -0.1) is 0 Å². The minimum Gasteiger partial charge on any atom is -0.366 e. The number of anilines is 1. The Morgan fingerprint density at radius 3 is 2.21 bits per heavy atom. The van der Waals surface area contributed by atoms with E-state index in [1.807, 2.05) is 46.7 Å². The number of nitrogens with zero attached hydrogens (tertiary/aromatic N) is 4. The summed E-state index contributed by atoms with van der Waals surface area (Å²) in [6.45, 7) is 8.09. The highest BCUT2D eigenvalue weighted by molar-refractivity contribution is 7.89. The van der Waals surface area contributed by atoms with E-state index in [1.165, 1.54) is 10.4 Å². The SMILES string of the molecule is Cc1ccc(S(=O)(=O)N2CCN(CC(=O)N3CCN(c4ccccc4F)CC3)CC2)c(C)c1. The second-order valence-corrected chi connectivity index (χ2v) is 10.7. The van der Waals surface area contributed by atoms with Crippen LogP contribution < -0.4 is 4.90 Å². The van der Waals surface area contributed by atoms with Crippen molar-refractivity contribution in [2.75, 3.05) is 63.8 Å². The Morgan fingerprint density at radius 2 is 1.58 bits per heavy atom.